The molecule has 1 aliphatic carbocycles. The molecule has 2 aromatic rings. The normalized spacial score (nSPS) is 20.5. The number of carbonyl (C=O) groups excluding carboxylic acids is 1. The van der Waals surface area contributed by atoms with Gasteiger partial charge in [0.25, 0.3) is 0 Å². The van der Waals surface area contributed by atoms with Crippen molar-refractivity contribution in [3.63, 3.8) is 0 Å². The van der Waals surface area contributed by atoms with E-state index in [1.165, 1.54) is 0 Å². The minimum Gasteiger partial charge on any atom is -0.393 e. The van der Waals surface area contributed by atoms with Crippen molar-refractivity contribution in [3.05, 3.63) is 47.0 Å². The Morgan fingerprint density at radius 3 is 2.62 bits per heavy atom. The third kappa shape index (κ3) is 4.30. The number of aromatic nitrogens is 3. The second kappa shape index (κ2) is 7.99. The molecule has 1 atom stereocenters. The molecule has 1 fully saturated rings. The number of aryl methyl sites for hydroxylation is 2. The highest BCUT2D eigenvalue weighted by Gasteiger charge is 2.34. The van der Waals surface area contributed by atoms with Crippen LogP contribution in [0.15, 0.2) is 24.5 Å². The Morgan fingerprint density at radius 2 is 2.04 bits per heavy atom. The van der Waals surface area contributed by atoms with E-state index in [1.54, 1.807) is 12.4 Å². The van der Waals surface area contributed by atoms with E-state index in [4.69, 9.17) is 0 Å². The predicted molar refractivity (Wildman–Crippen MR) is 99.6 cm³/mol. The summed E-state index contributed by atoms with van der Waals surface area (Å²) < 4.78 is 1.87. The van der Waals surface area contributed by atoms with E-state index < -0.39 is 0 Å². The Morgan fingerprint density at radius 1 is 1.35 bits per heavy atom. The van der Waals surface area contributed by atoms with Crippen molar-refractivity contribution < 1.29 is 9.90 Å². The van der Waals surface area contributed by atoms with Crippen LogP contribution in [0.4, 0.5) is 0 Å². The molecule has 1 aliphatic rings. The maximum atomic E-state index is 12.6. The fraction of sp³-hybridized carbons (Fsp3) is 0.550. The average molecular weight is 356 g/mol. The summed E-state index contributed by atoms with van der Waals surface area (Å²) in [4.78, 5) is 16.6. The molecule has 1 unspecified atom stereocenters. The van der Waals surface area contributed by atoms with Gasteiger partial charge in [-0.15, -0.1) is 0 Å². The van der Waals surface area contributed by atoms with Crippen LogP contribution in [0.1, 0.15) is 41.8 Å². The monoisotopic (exact) mass is 356 g/mol. The standard InChI is InChI=1S/C20H28N4O2/c1-13-18(14(2)24(3)23-13)4-5-20(26)22-19(16-11-17(25)12-16)10-15-6-8-21-9-7-15/h6-9,16-17,19,25H,4-5,10-12H2,1-3H3,(H,22,26). The zero-order chi connectivity index (χ0) is 18.7. The van der Waals surface area contributed by atoms with Crippen molar-refractivity contribution in [2.45, 2.75) is 58.1 Å². The second-order valence-electron chi connectivity index (χ2n) is 7.39. The van der Waals surface area contributed by atoms with Crippen LogP contribution in [0.2, 0.25) is 0 Å². The quantitative estimate of drug-likeness (QED) is 0.794. The van der Waals surface area contributed by atoms with Gasteiger partial charge in [0, 0.05) is 37.6 Å². The van der Waals surface area contributed by atoms with Gasteiger partial charge in [-0.2, -0.15) is 5.10 Å². The van der Waals surface area contributed by atoms with Crippen LogP contribution in [-0.4, -0.2) is 37.9 Å². The smallest absolute Gasteiger partial charge is 0.220 e. The average Bonchev–Trinajstić information content (AvgIpc) is 2.83. The van der Waals surface area contributed by atoms with Crippen molar-refractivity contribution in [1.82, 2.24) is 20.1 Å². The lowest BCUT2D eigenvalue weighted by molar-refractivity contribution is -0.122. The maximum Gasteiger partial charge on any atom is 0.220 e. The molecular formula is C20H28N4O2. The number of aliphatic hydroxyl groups excluding tert-OH is 1. The highest BCUT2D eigenvalue weighted by molar-refractivity contribution is 5.76. The number of amides is 1. The summed E-state index contributed by atoms with van der Waals surface area (Å²) in [6.07, 6.45) is 6.78. The van der Waals surface area contributed by atoms with E-state index in [0.717, 1.165) is 41.8 Å². The van der Waals surface area contributed by atoms with Gasteiger partial charge in [-0.1, -0.05) is 0 Å². The number of nitrogens with one attached hydrogen (secondary N) is 1. The molecule has 3 rings (SSSR count). The molecule has 0 aliphatic heterocycles. The first-order valence-corrected chi connectivity index (χ1v) is 9.29. The highest BCUT2D eigenvalue weighted by Crippen LogP contribution is 2.31. The summed E-state index contributed by atoms with van der Waals surface area (Å²) in [6, 6.07) is 4.03. The topological polar surface area (TPSA) is 80.0 Å². The highest BCUT2D eigenvalue weighted by atomic mass is 16.3. The largest absolute Gasteiger partial charge is 0.393 e. The molecule has 6 heteroatoms. The van der Waals surface area contributed by atoms with Crippen molar-refractivity contribution in [1.29, 1.82) is 0 Å². The number of hydrogen-bond acceptors (Lipinski definition) is 4. The second-order valence-corrected chi connectivity index (χ2v) is 7.39. The summed E-state index contributed by atoms with van der Waals surface area (Å²) in [5.41, 5.74) is 4.43. The van der Waals surface area contributed by atoms with Crippen LogP contribution in [-0.2, 0) is 24.7 Å². The first kappa shape index (κ1) is 18.6. The molecule has 140 valence electrons. The van der Waals surface area contributed by atoms with E-state index in [2.05, 4.69) is 15.4 Å². The van der Waals surface area contributed by atoms with Crippen LogP contribution < -0.4 is 5.32 Å². The molecular weight excluding hydrogens is 328 g/mol. The van der Waals surface area contributed by atoms with Gasteiger partial charge in [-0.3, -0.25) is 14.5 Å². The molecule has 1 amide bonds. The first-order valence-electron chi connectivity index (χ1n) is 9.29. The van der Waals surface area contributed by atoms with Crippen LogP contribution in [0, 0.1) is 19.8 Å². The molecule has 26 heavy (non-hydrogen) atoms. The summed E-state index contributed by atoms with van der Waals surface area (Å²) in [5, 5.41) is 17.3. The minimum atomic E-state index is -0.225. The van der Waals surface area contributed by atoms with Gasteiger partial charge in [-0.25, -0.2) is 0 Å². The van der Waals surface area contributed by atoms with Gasteiger partial charge >= 0.3 is 0 Å². The number of nitrogens with zero attached hydrogens (tertiary/aromatic N) is 3. The molecule has 0 saturated heterocycles. The van der Waals surface area contributed by atoms with E-state index in [0.29, 0.717) is 18.8 Å². The Balaban J connectivity index is 1.59. The number of hydrogen-bond donors (Lipinski definition) is 2. The molecule has 2 N–H and O–H groups in total. The lowest BCUT2D eigenvalue weighted by Gasteiger charge is -2.38. The Labute approximate surface area is 154 Å². The number of aliphatic hydroxyl groups is 1. The molecule has 2 heterocycles. The van der Waals surface area contributed by atoms with Crippen molar-refractivity contribution in [2.75, 3.05) is 0 Å². The lowest BCUT2D eigenvalue weighted by atomic mass is 9.75. The molecule has 0 bridgehead atoms. The molecule has 1 saturated carbocycles. The number of rotatable bonds is 7. The fourth-order valence-corrected chi connectivity index (χ4v) is 3.76. The Hall–Kier alpha value is -2.21. The van der Waals surface area contributed by atoms with Gasteiger partial charge < -0.3 is 10.4 Å². The van der Waals surface area contributed by atoms with Gasteiger partial charge in [0.2, 0.25) is 5.91 Å². The number of pyridine rings is 1. The third-order valence-corrected chi connectivity index (χ3v) is 5.53. The van der Waals surface area contributed by atoms with Crippen molar-refractivity contribution in [2.24, 2.45) is 13.0 Å². The van der Waals surface area contributed by atoms with Crippen LogP contribution >= 0.6 is 0 Å². The Kier molecular flexibility index (Phi) is 5.71. The van der Waals surface area contributed by atoms with E-state index in [-0.39, 0.29) is 18.1 Å². The molecule has 2 aromatic heterocycles. The molecule has 0 spiro atoms. The SMILES string of the molecule is Cc1nn(C)c(C)c1CCC(=O)NC(Cc1ccncc1)C1CC(O)C1. The summed E-state index contributed by atoms with van der Waals surface area (Å²) >= 11 is 0. The summed E-state index contributed by atoms with van der Waals surface area (Å²) in [5.74, 6) is 0.400. The van der Waals surface area contributed by atoms with Gasteiger partial charge in [0.05, 0.1) is 11.8 Å². The van der Waals surface area contributed by atoms with E-state index >= 15 is 0 Å². The molecule has 6 nitrogen and oxygen atoms in total. The van der Waals surface area contributed by atoms with Gasteiger partial charge in [0.1, 0.15) is 0 Å². The lowest BCUT2D eigenvalue weighted by Crippen LogP contribution is -2.48. The first-order chi connectivity index (χ1) is 12.4. The fourth-order valence-electron chi connectivity index (χ4n) is 3.76. The summed E-state index contributed by atoms with van der Waals surface area (Å²) in [6.45, 7) is 4.03. The number of carbonyl (C=O) groups is 1. The third-order valence-electron chi connectivity index (χ3n) is 5.53. The zero-order valence-corrected chi connectivity index (χ0v) is 15.8. The van der Waals surface area contributed by atoms with E-state index in [1.807, 2.05) is 37.7 Å². The van der Waals surface area contributed by atoms with Crippen LogP contribution in [0.5, 0.6) is 0 Å². The van der Waals surface area contributed by atoms with Crippen molar-refractivity contribution in [3.8, 4) is 0 Å². The predicted octanol–water partition coefficient (Wildman–Crippen LogP) is 1.86. The van der Waals surface area contributed by atoms with Crippen LogP contribution in [0.3, 0.4) is 0 Å². The van der Waals surface area contributed by atoms with Gasteiger partial charge in [0.15, 0.2) is 0 Å². The van der Waals surface area contributed by atoms with E-state index in [9.17, 15) is 9.90 Å². The molecule has 0 radical (unpaired) electrons. The zero-order valence-electron chi connectivity index (χ0n) is 15.8. The van der Waals surface area contributed by atoms with Gasteiger partial charge in [-0.05, 0) is 68.7 Å². The maximum absolute atomic E-state index is 12.6. The Bertz CT molecular complexity index is 751. The molecule has 0 aromatic carbocycles. The van der Waals surface area contributed by atoms with Crippen molar-refractivity contribution >= 4 is 5.91 Å². The van der Waals surface area contributed by atoms with Crippen LogP contribution in [0.25, 0.3) is 0 Å². The minimum absolute atomic E-state index is 0.0596. The summed E-state index contributed by atoms with van der Waals surface area (Å²) in [7, 11) is 1.93.